The lowest BCUT2D eigenvalue weighted by Gasteiger charge is -2.29. The molecule has 0 unspecified atom stereocenters. The first kappa shape index (κ1) is 12.8. The summed E-state index contributed by atoms with van der Waals surface area (Å²) in [5.41, 5.74) is 1.86. The number of hydrogen-bond acceptors (Lipinski definition) is 3. The van der Waals surface area contributed by atoms with Gasteiger partial charge in [0, 0.05) is 7.05 Å². The molecule has 2 aromatic carbocycles. The Bertz CT molecular complexity index is 470. The monoisotopic (exact) mass is 242 g/mol. The molecule has 0 radical (unpaired) electrons. The Balaban J connectivity index is 2.32. The third-order valence-corrected chi connectivity index (χ3v) is 3.02. The van der Waals surface area contributed by atoms with Crippen molar-refractivity contribution in [2.75, 3.05) is 7.05 Å². The van der Waals surface area contributed by atoms with Crippen LogP contribution in [0.25, 0.3) is 0 Å². The first-order valence-corrected chi connectivity index (χ1v) is 5.95. The van der Waals surface area contributed by atoms with Crippen molar-refractivity contribution in [3.8, 4) is 0 Å². The van der Waals surface area contributed by atoms with Crippen molar-refractivity contribution in [2.45, 2.75) is 12.1 Å². The van der Waals surface area contributed by atoms with E-state index in [0.29, 0.717) is 0 Å². The lowest BCUT2D eigenvalue weighted by molar-refractivity contribution is 0.0620. The molecular weight excluding hydrogens is 224 g/mol. The van der Waals surface area contributed by atoms with Gasteiger partial charge in [0.2, 0.25) is 0 Å². The van der Waals surface area contributed by atoms with Gasteiger partial charge in [0.25, 0.3) is 0 Å². The van der Waals surface area contributed by atoms with Gasteiger partial charge < -0.3 is 5.11 Å². The van der Waals surface area contributed by atoms with Crippen LogP contribution in [0.4, 0.5) is 0 Å². The Morgan fingerprint density at radius 2 is 1.33 bits per heavy atom. The van der Waals surface area contributed by atoms with Gasteiger partial charge in [0.15, 0.2) is 0 Å². The first-order valence-electron chi connectivity index (χ1n) is 5.95. The number of benzene rings is 2. The van der Waals surface area contributed by atoms with Gasteiger partial charge in [0.05, 0.1) is 12.1 Å². The topological polar surface area (TPSA) is 49.5 Å². The molecular formula is C15H18N2O. The van der Waals surface area contributed by atoms with E-state index in [0.717, 1.165) is 11.1 Å². The normalized spacial score (nSPS) is 14.4. The smallest absolute Gasteiger partial charge is 0.1000 e. The van der Waals surface area contributed by atoms with Gasteiger partial charge in [-0.3, -0.25) is 5.84 Å². The predicted molar refractivity (Wildman–Crippen MR) is 72.5 cm³/mol. The number of nitrogens with two attached hydrogens (primary N) is 1. The van der Waals surface area contributed by atoms with E-state index in [1.54, 1.807) is 12.1 Å². The van der Waals surface area contributed by atoms with Gasteiger partial charge >= 0.3 is 0 Å². The summed E-state index contributed by atoms with van der Waals surface area (Å²) in [6, 6.07) is 19.1. The fraction of sp³-hybridized carbons (Fsp3) is 0.200. The van der Waals surface area contributed by atoms with E-state index >= 15 is 0 Å². The molecule has 18 heavy (non-hydrogen) atoms. The number of aliphatic hydroxyl groups is 1. The number of hydrazine groups is 1. The number of nitrogens with zero attached hydrogens (tertiary/aromatic N) is 1. The highest BCUT2D eigenvalue weighted by Crippen LogP contribution is 2.31. The molecule has 2 atom stereocenters. The van der Waals surface area contributed by atoms with Gasteiger partial charge in [-0.15, -0.1) is 0 Å². The highest BCUT2D eigenvalue weighted by Gasteiger charge is 2.24. The van der Waals surface area contributed by atoms with Crippen LogP contribution in [0, 0.1) is 0 Å². The SMILES string of the molecule is CN(N)[C@@H](c1ccccc1)[C@@H](O)c1ccccc1. The van der Waals surface area contributed by atoms with E-state index in [9.17, 15) is 5.11 Å². The van der Waals surface area contributed by atoms with Gasteiger partial charge in [-0.05, 0) is 11.1 Å². The third kappa shape index (κ3) is 2.76. The number of hydrogen-bond donors (Lipinski definition) is 2. The number of aliphatic hydroxyl groups excluding tert-OH is 1. The maximum Gasteiger partial charge on any atom is 0.1000 e. The van der Waals surface area contributed by atoms with Crippen LogP contribution in [-0.4, -0.2) is 17.2 Å². The Hall–Kier alpha value is -1.68. The van der Waals surface area contributed by atoms with Gasteiger partial charge in [0.1, 0.15) is 0 Å². The maximum absolute atomic E-state index is 10.5. The molecule has 0 fully saturated rings. The third-order valence-electron chi connectivity index (χ3n) is 3.02. The van der Waals surface area contributed by atoms with Crippen LogP contribution in [0.2, 0.25) is 0 Å². The first-order chi connectivity index (χ1) is 8.70. The molecule has 3 heteroatoms. The summed E-state index contributed by atoms with van der Waals surface area (Å²) in [5, 5.41) is 12.0. The molecule has 0 bridgehead atoms. The van der Waals surface area contributed by atoms with Crippen molar-refractivity contribution >= 4 is 0 Å². The van der Waals surface area contributed by atoms with E-state index in [2.05, 4.69) is 0 Å². The molecule has 0 amide bonds. The summed E-state index contributed by atoms with van der Waals surface area (Å²) in [5.74, 6) is 5.88. The average Bonchev–Trinajstić information content (AvgIpc) is 2.40. The molecule has 0 spiro atoms. The summed E-state index contributed by atoms with van der Waals surface area (Å²) < 4.78 is 0. The second-order valence-corrected chi connectivity index (χ2v) is 4.38. The minimum absolute atomic E-state index is 0.256. The molecule has 0 saturated carbocycles. The largest absolute Gasteiger partial charge is 0.386 e. The van der Waals surface area contributed by atoms with E-state index in [4.69, 9.17) is 5.84 Å². The molecule has 3 N–H and O–H groups in total. The van der Waals surface area contributed by atoms with Crippen LogP contribution >= 0.6 is 0 Å². The van der Waals surface area contributed by atoms with Gasteiger partial charge in [-0.25, -0.2) is 5.01 Å². The molecule has 94 valence electrons. The van der Waals surface area contributed by atoms with Crippen molar-refractivity contribution in [1.82, 2.24) is 5.01 Å². The van der Waals surface area contributed by atoms with Gasteiger partial charge in [-0.2, -0.15) is 0 Å². The highest BCUT2D eigenvalue weighted by atomic mass is 16.3. The molecule has 2 aromatic rings. The fourth-order valence-electron chi connectivity index (χ4n) is 2.12. The summed E-state index contributed by atoms with van der Waals surface area (Å²) >= 11 is 0. The van der Waals surface area contributed by atoms with Crippen molar-refractivity contribution in [1.29, 1.82) is 0 Å². The Morgan fingerprint density at radius 3 is 1.78 bits per heavy atom. The second kappa shape index (κ2) is 5.78. The molecule has 0 aliphatic rings. The zero-order valence-corrected chi connectivity index (χ0v) is 10.4. The van der Waals surface area contributed by atoms with Crippen LogP contribution in [0.1, 0.15) is 23.3 Å². The maximum atomic E-state index is 10.5. The van der Waals surface area contributed by atoms with Crippen molar-refractivity contribution in [3.05, 3.63) is 71.8 Å². The fourth-order valence-corrected chi connectivity index (χ4v) is 2.12. The quantitative estimate of drug-likeness (QED) is 0.638. The van der Waals surface area contributed by atoms with Crippen LogP contribution in [0.5, 0.6) is 0 Å². The summed E-state index contributed by atoms with van der Waals surface area (Å²) in [4.78, 5) is 0. The van der Waals surface area contributed by atoms with Gasteiger partial charge in [-0.1, -0.05) is 60.7 Å². The summed E-state index contributed by atoms with van der Waals surface area (Å²) in [6.45, 7) is 0. The number of likely N-dealkylation sites (N-methyl/N-ethyl adjacent to an activating group) is 1. The molecule has 0 aliphatic heterocycles. The van der Waals surface area contributed by atoms with Crippen molar-refractivity contribution in [3.63, 3.8) is 0 Å². The van der Waals surface area contributed by atoms with E-state index < -0.39 is 6.10 Å². The summed E-state index contributed by atoms with van der Waals surface area (Å²) in [7, 11) is 1.77. The Kier molecular flexibility index (Phi) is 4.10. The van der Waals surface area contributed by atoms with Crippen molar-refractivity contribution in [2.24, 2.45) is 5.84 Å². The second-order valence-electron chi connectivity index (χ2n) is 4.38. The van der Waals surface area contributed by atoms with Crippen LogP contribution in [0.3, 0.4) is 0 Å². The Labute approximate surface area is 107 Å². The molecule has 3 nitrogen and oxygen atoms in total. The minimum Gasteiger partial charge on any atom is -0.386 e. The van der Waals surface area contributed by atoms with Crippen molar-refractivity contribution < 1.29 is 5.11 Å². The zero-order valence-electron chi connectivity index (χ0n) is 10.4. The minimum atomic E-state index is -0.649. The van der Waals surface area contributed by atoms with Crippen LogP contribution < -0.4 is 5.84 Å². The van der Waals surface area contributed by atoms with E-state index in [1.807, 2.05) is 60.7 Å². The predicted octanol–water partition coefficient (Wildman–Crippen LogP) is 2.27. The standard InChI is InChI=1S/C15H18N2O/c1-17(16)14(12-8-4-2-5-9-12)15(18)13-10-6-3-7-11-13/h2-11,14-15,18H,16H2,1H3/t14-,15-/m0/s1. The van der Waals surface area contributed by atoms with E-state index in [-0.39, 0.29) is 6.04 Å². The zero-order chi connectivity index (χ0) is 13.0. The Morgan fingerprint density at radius 1 is 0.889 bits per heavy atom. The number of rotatable bonds is 4. The summed E-state index contributed by atoms with van der Waals surface area (Å²) in [6.07, 6.45) is -0.649. The molecule has 0 saturated heterocycles. The van der Waals surface area contributed by atoms with Crippen LogP contribution in [-0.2, 0) is 0 Å². The average molecular weight is 242 g/mol. The molecule has 0 aliphatic carbocycles. The van der Waals surface area contributed by atoms with Crippen LogP contribution in [0.15, 0.2) is 60.7 Å². The highest BCUT2D eigenvalue weighted by molar-refractivity contribution is 5.26. The molecule has 2 rings (SSSR count). The molecule has 0 heterocycles. The van der Waals surface area contributed by atoms with E-state index in [1.165, 1.54) is 0 Å². The lowest BCUT2D eigenvalue weighted by Crippen LogP contribution is -2.35. The molecule has 0 aromatic heterocycles. The lowest BCUT2D eigenvalue weighted by atomic mass is 9.95.